The van der Waals surface area contributed by atoms with E-state index in [-0.39, 0.29) is 5.78 Å². The van der Waals surface area contributed by atoms with Crippen LogP contribution in [0.15, 0.2) is 67.3 Å². The van der Waals surface area contributed by atoms with Crippen molar-refractivity contribution < 1.29 is 4.79 Å². The number of nitrogens with zero attached hydrogens (tertiary/aromatic N) is 4. The third kappa shape index (κ3) is 3.68. The van der Waals surface area contributed by atoms with Crippen molar-refractivity contribution in [3.8, 4) is 33.0 Å². The van der Waals surface area contributed by atoms with Crippen LogP contribution in [0.4, 0.5) is 5.69 Å². The monoisotopic (exact) mass is 478 g/mol. The summed E-state index contributed by atoms with van der Waals surface area (Å²) in [7, 11) is 4.02. The molecule has 0 saturated carbocycles. The number of pyridine rings is 2. The zero-order valence-corrected chi connectivity index (χ0v) is 20.3. The fourth-order valence-corrected chi connectivity index (χ4v) is 5.20. The first-order valence-corrected chi connectivity index (χ1v) is 12.0. The van der Waals surface area contributed by atoms with Gasteiger partial charge in [-0.25, -0.2) is 0 Å². The van der Waals surface area contributed by atoms with Gasteiger partial charge in [0.25, 0.3) is 0 Å². The van der Waals surface area contributed by atoms with E-state index in [2.05, 4.69) is 49.4 Å². The molecule has 172 valence electrons. The highest BCUT2D eigenvalue weighted by Gasteiger charge is 2.16. The molecule has 0 spiro atoms. The highest BCUT2D eigenvalue weighted by atomic mass is 32.1. The number of carbonyl (C=O) groups excluding carboxylic acids is 1. The number of H-pyrrole nitrogens is 2. The number of benzene rings is 1. The summed E-state index contributed by atoms with van der Waals surface area (Å²) >= 11 is 1.49. The number of hydrogen-bond acceptors (Lipinski definition) is 6. The SMILES string of the molecule is CC(=O)c1ccc(-c2cncc3[nH]c(-c4n[nH]c5ccc(-c6cncc(N(C)C)c6)cc45)cc23)s1. The van der Waals surface area contributed by atoms with Crippen LogP contribution in [0.1, 0.15) is 16.6 Å². The Balaban J connectivity index is 1.46. The fraction of sp³-hybridized carbons (Fsp3) is 0.111. The Morgan fingerprint density at radius 3 is 2.54 bits per heavy atom. The molecular formula is C27H22N6OS. The minimum absolute atomic E-state index is 0.0706. The van der Waals surface area contributed by atoms with Crippen molar-refractivity contribution in [2.24, 2.45) is 0 Å². The molecule has 2 N–H and O–H groups in total. The quantitative estimate of drug-likeness (QED) is 0.289. The van der Waals surface area contributed by atoms with Gasteiger partial charge in [0, 0.05) is 53.3 Å². The third-order valence-corrected chi connectivity index (χ3v) is 7.37. The van der Waals surface area contributed by atoms with Crippen LogP contribution in [0.3, 0.4) is 0 Å². The van der Waals surface area contributed by atoms with Crippen LogP contribution >= 0.6 is 11.3 Å². The molecule has 0 aliphatic rings. The molecule has 0 fully saturated rings. The van der Waals surface area contributed by atoms with Crippen molar-refractivity contribution in [1.82, 2.24) is 25.1 Å². The maximum absolute atomic E-state index is 11.8. The largest absolute Gasteiger partial charge is 0.376 e. The molecule has 0 amide bonds. The molecule has 0 atom stereocenters. The number of rotatable bonds is 5. The van der Waals surface area contributed by atoms with Crippen molar-refractivity contribution in [3.05, 3.63) is 72.1 Å². The fourth-order valence-electron chi connectivity index (χ4n) is 4.28. The van der Waals surface area contributed by atoms with Gasteiger partial charge in [-0.3, -0.25) is 19.9 Å². The minimum atomic E-state index is 0.0706. The van der Waals surface area contributed by atoms with Crippen LogP contribution in [-0.4, -0.2) is 45.0 Å². The lowest BCUT2D eigenvalue weighted by molar-refractivity contribution is 0.102. The maximum atomic E-state index is 11.8. The Morgan fingerprint density at radius 1 is 0.886 bits per heavy atom. The third-order valence-electron chi connectivity index (χ3n) is 6.16. The lowest BCUT2D eigenvalue weighted by Gasteiger charge is -2.13. The van der Waals surface area contributed by atoms with Crippen molar-refractivity contribution >= 4 is 44.6 Å². The van der Waals surface area contributed by atoms with Crippen LogP contribution in [-0.2, 0) is 0 Å². The summed E-state index contributed by atoms with van der Waals surface area (Å²) in [4.78, 5) is 27.9. The summed E-state index contributed by atoms with van der Waals surface area (Å²) < 4.78 is 0. The normalized spacial score (nSPS) is 11.4. The van der Waals surface area contributed by atoms with Crippen LogP contribution in [0.2, 0.25) is 0 Å². The predicted octanol–water partition coefficient (Wildman–Crippen LogP) is 6.17. The number of hydrogen-bond donors (Lipinski definition) is 2. The van der Waals surface area contributed by atoms with Gasteiger partial charge < -0.3 is 9.88 Å². The van der Waals surface area contributed by atoms with Gasteiger partial charge in [0.15, 0.2) is 5.78 Å². The van der Waals surface area contributed by atoms with E-state index in [1.165, 1.54) is 11.3 Å². The Kier molecular flexibility index (Phi) is 4.96. The van der Waals surface area contributed by atoms with E-state index >= 15 is 0 Å². The molecule has 35 heavy (non-hydrogen) atoms. The topological polar surface area (TPSA) is 90.6 Å². The zero-order chi connectivity index (χ0) is 24.1. The summed E-state index contributed by atoms with van der Waals surface area (Å²) in [6.07, 6.45) is 7.40. The molecule has 6 rings (SSSR count). The average molecular weight is 479 g/mol. The van der Waals surface area contributed by atoms with Gasteiger partial charge in [-0.2, -0.15) is 5.10 Å². The molecular weight excluding hydrogens is 456 g/mol. The summed E-state index contributed by atoms with van der Waals surface area (Å²) in [6, 6.07) is 14.4. The van der Waals surface area contributed by atoms with Crippen molar-refractivity contribution in [1.29, 1.82) is 0 Å². The minimum Gasteiger partial charge on any atom is -0.376 e. The second-order valence-corrected chi connectivity index (χ2v) is 9.79. The number of Topliss-reactive ketones (excluding diaryl/α,β-unsaturated/α-hetero) is 1. The molecule has 0 aliphatic heterocycles. The van der Waals surface area contributed by atoms with E-state index in [4.69, 9.17) is 0 Å². The molecule has 5 aromatic heterocycles. The standard InChI is InChI=1S/C27H22N6OS/c1-15(34)25-6-7-26(35-25)21-13-29-14-24-19(21)10-23(30-24)27-20-9-16(4-5-22(20)31-32-27)17-8-18(33(2)3)12-28-11-17/h4-14,30H,1-3H3,(H,31,32). The maximum Gasteiger partial charge on any atom is 0.169 e. The molecule has 0 saturated heterocycles. The smallest absolute Gasteiger partial charge is 0.169 e. The van der Waals surface area contributed by atoms with Crippen molar-refractivity contribution in [2.75, 3.05) is 19.0 Å². The number of anilines is 1. The lowest BCUT2D eigenvalue weighted by Crippen LogP contribution is -2.08. The molecule has 0 bridgehead atoms. The second kappa shape index (κ2) is 8.18. The zero-order valence-electron chi connectivity index (χ0n) is 19.5. The van der Waals surface area contributed by atoms with Crippen LogP contribution < -0.4 is 4.90 Å². The Hall–Kier alpha value is -4.30. The van der Waals surface area contributed by atoms with E-state index in [0.29, 0.717) is 0 Å². The van der Waals surface area contributed by atoms with E-state index < -0.39 is 0 Å². The average Bonchev–Trinajstić information content (AvgIpc) is 3.61. The van der Waals surface area contributed by atoms with Gasteiger partial charge in [0.05, 0.1) is 39.7 Å². The van der Waals surface area contributed by atoms with Crippen LogP contribution in [0, 0.1) is 0 Å². The summed E-state index contributed by atoms with van der Waals surface area (Å²) in [5.41, 5.74) is 7.80. The van der Waals surface area contributed by atoms with E-state index in [0.717, 1.165) is 65.3 Å². The van der Waals surface area contributed by atoms with E-state index in [1.54, 1.807) is 6.92 Å². The number of aromatic amines is 2. The van der Waals surface area contributed by atoms with Gasteiger partial charge >= 0.3 is 0 Å². The van der Waals surface area contributed by atoms with E-state index in [9.17, 15) is 4.79 Å². The Bertz CT molecular complexity index is 1720. The summed E-state index contributed by atoms with van der Waals surface area (Å²) in [5, 5.41) is 9.85. The first-order valence-electron chi connectivity index (χ1n) is 11.2. The number of thiophene rings is 1. The molecule has 1 aromatic carbocycles. The molecule has 6 aromatic rings. The highest BCUT2D eigenvalue weighted by Crippen LogP contribution is 2.37. The van der Waals surface area contributed by atoms with Gasteiger partial charge in [-0.15, -0.1) is 11.3 Å². The van der Waals surface area contributed by atoms with Gasteiger partial charge in [-0.1, -0.05) is 6.07 Å². The van der Waals surface area contributed by atoms with E-state index in [1.807, 2.05) is 62.0 Å². The van der Waals surface area contributed by atoms with Crippen LogP contribution in [0.5, 0.6) is 0 Å². The Labute approximate surface area is 205 Å². The highest BCUT2D eigenvalue weighted by molar-refractivity contribution is 7.17. The van der Waals surface area contributed by atoms with Gasteiger partial charge in [0.1, 0.15) is 5.69 Å². The summed E-state index contributed by atoms with van der Waals surface area (Å²) in [6.45, 7) is 1.59. The Morgan fingerprint density at radius 2 is 1.74 bits per heavy atom. The van der Waals surface area contributed by atoms with Crippen molar-refractivity contribution in [2.45, 2.75) is 6.92 Å². The number of nitrogens with one attached hydrogen (secondary N) is 2. The van der Waals surface area contributed by atoms with Crippen LogP contribution in [0.25, 0.3) is 54.8 Å². The number of aromatic nitrogens is 5. The molecule has 8 heteroatoms. The predicted molar refractivity (Wildman–Crippen MR) is 142 cm³/mol. The number of carbonyl (C=O) groups is 1. The second-order valence-electron chi connectivity index (χ2n) is 8.71. The first-order chi connectivity index (χ1) is 17.0. The van der Waals surface area contributed by atoms with Crippen molar-refractivity contribution in [3.63, 3.8) is 0 Å². The van der Waals surface area contributed by atoms with Gasteiger partial charge in [-0.05, 0) is 48.9 Å². The molecule has 0 radical (unpaired) electrons. The lowest BCUT2D eigenvalue weighted by atomic mass is 10.0. The van der Waals surface area contributed by atoms with Gasteiger partial charge in [0.2, 0.25) is 0 Å². The first kappa shape index (κ1) is 21.2. The molecule has 7 nitrogen and oxygen atoms in total. The number of ketones is 1. The molecule has 0 unspecified atom stereocenters. The molecule has 0 aliphatic carbocycles. The number of fused-ring (bicyclic) bond motifs is 2. The summed E-state index contributed by atoms with van der Waals surface area (Å²) in [5.74, 6) is 0.0706. The molecule has 5 heterocycles.